The van der Waals surface area contributed by atoms with Crippen molar-refractivity contribution in [1.82, 2.24) is 10.2 Å². The molecule has 1 N–H and O–H groups in total. The SMILES string of the molecule is CC(=O)NC[C@H]1CN(c2ccc(N(C)C3CCN(C(=O)C=Cc4ccc([N+](=O)[O-])o4)CC3)c(F)c2)C(=O)O1. The van der Waals surface area contributed by atoms with E-state index in [2.05, 4.69) is 5.32 Å². The monoisotopic (exact) mass is 529 g/mol. The summed E-state index contributed by atoms with van der Waals surface area (Å²) in [7, 11) is 1.79. The lowest BCUT2D eigenvalue weighted by atomic mass is 10.0. The van der Waals surface area contributed by atoms with E-state index in [9.17, 15) is 24.5 Å². The minimum absolute atomic E-state index is 0.00473. The van der Waals surface area contributed by atoms with Gasteiger partial charge in [-0.2, -0.15) is 0 Å². The van der Waals surface area contributed by atoms with E-state index in [0.29, 0.717) is 37.3 Å². The molecule has 12 nitrogen and oxygen atoms in total. The van der Waals surface area contributed by atoms with Crippen LogP contribution in [0.5, 0.6) is 0 Å². The predicted octanol–water partition coefficient (Wildman–Crippen LogP) is 2.93. The van der Waals surface area contributed by atoms with Crippen LogP contribution in [0.1, 0.15) is 25.5 Å². The third-order valence-electron chi connectivity index (χ3n) is 6.58. The van der Waals surface area contributed by atoms with Crippen molar-refractivity contribution in [3.8, 4) is 0 Å². The number of piperidine rings is 1. The van der Waals surface area contributed by atoms with Crippen LogP contribution in [0, 0.1) is 15.9 Å². The van der Waals surface area contributed by atoms with Gasteiger partial charge in [-0.05, 0) is 43.2 Å². The molecule has 4 rings (SSSR count). The third-order valence-corrected chi connectivity index (χ3v) is 6.58. The fourth-order valence-electron chi connectivity index (χ4n) is 4.50. The molecule has 1 aromatic carbocycles. The van der Waals surface area contributed by atoms with Gasteiger partial charge < -0.3 is 24.3 Å². The van der Waals surface area contributed by atoms with Crippen molar-refractivity contribution in [3.63, 3.8) is 0 Å². The van der Waals surface area contributed by atoms with Gasteiger partial charge in [-0.25, -0.2) is 9.18 Å². The first-order valence-electron chi connectivity index (χ1n) is 12.1. The maximum Gasteiger partial charge on any atom is 0.433 e. The molecule has 2 aliphatic heterocycles. The van der Waals surface area contributed by atoms with Gasteiger partial charge in [0.1, 0.15) is 22.6 Å². The fourth-order valence-corrected chi connectivity index (χ4v) is 4.50. The number of nitrogens with one attached hydrogen (secondary N) is 1. The molecular formula is C25H28FN5O7. The van der Waals surface area contributed by atoms with E-state index in [1.165, 1.54) is 42.2 Å². The number of nitro groups is 1. The van der Waals surface area contributed by atoms with Crippen LogP contribution in [-0.4, -0.2) is 73.1 Å². The second kappa shape index (κ2) is 11.3. The fraction of sp³-hybridized carbons (Fsp3) is 0.400. The lowest BCUT2D eigenvalue weighted by Gasteiger charge is -2.37. The van der Waals surface area contributed by atoms with Crippen LogP contribution in [0.25, 0.3) is 6.08 Å². The van der Waals surface area contributed by atoms with Gasteiger partial charge in [0.05, 0.1) is 30.5 Å². The Labute approximate surface area is 217 Å². The number of furan rings is 1. The highest BCUT2D eigenvalue weighted by atomic mass is 19.1. The van der Waals surface area contributed by atoms with Gasteiger partial charge >= 0.3 is 12.0 Å². The van der Waals surface area contributed by atoms with Crippen molar-refractivity contribution in [2.75, 3.05) is 43.0 Å². The molecule has 3 heterocycles. The molecule has 38 heavy (non-hydrogen) atoms. The molecule has 0 bridgehead atoms. The quantitative estimate of drug-likeness (QED) is 0.313. The second-order valence-electron chi connectivity index (χ2n) is 9.12. The summed E-state index contributed by atoms with van der Waals surface area (Å²) in [6.07, 6.45) is 2.83. The van der Waals surface area contributed by atoms with Gasteiger partial charge in [-0.1, -0.05) is 0 Å². The van der Waals surface area contributed by atoms with Crippen LogP contribution in [0.2, 0.25) is 0 Å². The highest BCUT2D eigenvalue weighted by Crippen LogP contribution is 2.30. The molecule has 3 amide bonds. The van der Waals surface area contributed by atoms with Gasteiger partial charge in [0.15, 0.2) is 0 Å². The highest BCUT2D eigenvalue weighted by molar-refractivity contribution is 5.91. The summed E-state index contributed by atoms with van der Waals surface area (Å²) in [5, 5.41) is 13.3. The molecule has 1 aromatic heterocycles. The Balaban J connectivity index is 1.31. The van der Waals surface area contributed by atoms with Gasteiger partial charge in [-0.15, -0.1) is 0 Å². The summed E-state index contributed by atoms with van der Waals surface area (Å²) in [6.45, 7) is 2.68. The molecule has 0 aliphatic carbocycles. The molecule has 202 valence electrons. The second-order valence-corrected chi connectivity index (χ2v) is 9.12. The minimum atomic E-state index is -0.650. The molecule has 0 radical (unpaired) electrons. The summed E-state index contributed by atoms with van der Waals surface area (Å²) < 4.78 is 25.4. The number of hydrogen-bond acceptors (Lipinski definition) is 8. The zero-order chi connectivity index (χ0) is 27.4. The first-order chi connectivity index (χ1) is 18.1. The van der Waals surface area contributed by atoms with Crippen LogP contribution in [0.4, 0.5) is 26.4 Å². The Morgan fingerprint density at radius 3 is 2.63 bits per heavy atom. The summed E-state index contributed by atoms with van der Waals surface area (Å²) in [5.74, 6) is -1.14. The number of benzene rings is 1. The first-order valence-corrected chi connectivity index (χ1v) is 12.1. The van der Waals surface area contributed by atoms with Gasteiger partial charge in [0.2, 0.25) is 11.8 Å². The topological polar surface area (TPSA) is 138 Å². The number of ether oxygens (including phenoxy) is 1. The van der Waals surface area contributed by atoms with Crippen molar-refractivity contribution >= 4 is 41.2 Å². The zero-order valence-electron chi connectivity index (χ0n) is 21.0. The van der Waals surface area contributed by atoms with Crippen LogP contribution in [0.3, 0.4) is 0 Å². The molecule has 2 aliphatic rings. The lowest BCUT2D eigenvalue weighted by Crippen LogP contribution is -2.45. The van der Waals surface area contributed by atoms with Gasteiger partial charge in [0, 0.05) is 39.2 Å². The number of likely N-dealkylation sites (tertiary alicyclic amines) is 1. The van der Waals surface area contributed by atoms with Crippen molar-refractivity contribution in [2.45, 2.75) is 31.9 Å². The van der Waals surface area contributed by atoms with Gasteiger partial charge in [0.25, 0.3) is 0 Å². The van der Waals surface area contributed by atoms with Crippen LogP contribution < -0.4 is 15.1 Å². The average Bonchev–Trinajstić information content (AvgIpc) is 3.52. The molecule has 0 unspecified atom stereocenters. The van der Waals surface area contributed by atoms with E-state index in [1.807, 2.05) is 4.90 Å². The minimum Gasteiger partial charge on any atom is -0.442 e. The van der Waals surface area contributed by atoms with E-state index in [0.717, 1.165) is 0 Å². The Bertz CT molecular complexity index is 1250. The molecule has 2 fully saturated rings. The number of cyclic esters (lactones) is 1. The first kappa shape index (κ1) is 26.6. The highest BCUT2D eigenvalue weighted by Gasteiger charge is 2.33. The van der Waals surface area contributed by atoms with Gasteiger partial charge in [-0.3, -0.25) is 24.6 Å². The van der Waals surface area contributed by atoms with Crippen LogP contribution in [-0.2, 0) is 14.3 Å². The summed E-state index contributed by atoms with van der Waals surface area (Å²) in [4.78, 5) is 50.7. The Morgan fingerprint density at radius 1 is 1.26 bits per heavy atom. The normalized spacial score (nSPS) is 18.1. The van der Waals surface area contributed by atoms with Crippen LogP contribution >= 0.6 is 0 Å². The number of nitrogens with zero attached hydrogens (tertiary/aromatic N) is 4. The summed E-state index contributed by atoms with van der Waals surface area (Å²) in [6, 6.07) is 7.19. The number of rotatable bonds is 8. The Morgan fingerprint density at radius 2 is 2.00 bits per heavy atom. The molecule has 2 saturated heterocycles. The van der Waals surface area contributed by atoms with Crippen LogP contribution in [0.15, 0.2) is 40.8 Å². The summed E-state index contributed by atoms with van der Waals surface area (Å²) >= 11 is 0. The zero-order valence-corrected chi connectivity index (χ0v) is 21.0. The lowest BCUT2D eigenvalue weighted by molar-refractivity contribution is -0.402. The van der Waals surface area contributed by atoms with Crippen molar-refractivity contribution in [2.24, 2.45) is 0 Å². The maximum atomic E-state index is 15.1. The van der Waals surface area contributed by atoms with Crippen molar-refractivity contribution in [1.29, 1.82) is 0 Å². The van der Waals surface area contributed by atoms with E-state index < -0.39 is 28.8 Å². The van der Waals surface area contributed by atoms with E-state index in [-0.39, 0.29) is 36.7 Å². The largest absolute Gasteiger partial charge is 0.442 e. The molecule has 1 atom stereocenters. The number of anilines is 2. The number of halogens is 1. The van der Waals surface area contributed by atoms with E-state index in [1.54, 1.807) is 24.1 Å². The molecular weight excluding hydrogens is 501 g/mol. The molecule has 13 heteroatoms. The third kappa shape index (κ3) is 6.10. The van der Waals surface area contributed by atoms with Crippen molar-refractivity contribution < 1.29 is 32.9 Å². The standard InChI is InChI=1S/C25H28FN5O7/c1-16(32)27-14-20-15-30(25(34)38-20)18-3-6-22(21(26)13-18)28(2)17-9-11-29(12-10-17)23(33)7-4-19-5-8-24(37-19)31(35)36/h3-8,13,17,20H,9-12,14-15H2,1-2H3,(H,27,32)/t20-/m0/s1. The summed E-state index contributed by atoms with van der Waals surface area (Å²) in [5.41, 5.74) is 0.740. The predicted molar refractivity (Wildman–Crippen MR) is 135 cm³/mol. The number of hydrogen-bond donors (Lipinski definition) is 1. The molecule has 0 spiro atoms. The Kier molecular flexibility index (Phi) is 7.93. The van der Waals surface area contributed by atoms with E-state index in [4.69, 9.17) is 9.15 Å². The smallest absolute Gasteiger partial charge is 0.433 e. The average molecular weight is 530 g/mol. The molecule has 2 aromatic rings. The molecule has 0 saturated carbocycles. The number of carbonyl (C=O) groups is 3. The van der Waals surface area contributed by atoms with Crippen molar-refractivity contribution in [3.05, 3.63) is 58.1 Å². The number of amides is 3. The maximum absolute atomic E-state index is 15.1. The Hall–Kier alpha value is -4.42. The number of carbonyl (C=O) groups excluding carboxylic acids is 3. The van der Waals surface area contributed by atoms with E-state index >= 15 is 4.39 Å².